The van der Waals surface area contributed by atoms with Crippen LogP contribution < -0.4 is 5.43 Å². The molecule has 0 aliphatic carbocycles. The van der Waals surface area contributed by atoms with Gasteiger partial charge in [-0.2, -0.15) is 10.2 Å². The number of hydrogen-bond donors (Lipinski definition) is 2. The molecule has 0 aliphatic heterocycles. The van der Waals surface area contributed by atoms with E-state index in [4.69, 9.17) is 0 Å². The predicted octanol–water partition coefficient (Wildman–Crippen LogP) is 3.93. The van der Waals surface area contributed by atoms with Crippen LogP contribution in [0.2, 0.25) is 0 Å². The summed E-state index contributed by atoms with van der Waals surface area (Å²) in [7, 11) is 0. The number of amides is 1. The third kappa shape index (κ3) is 4.80. The van der Waals surface area contributed by atoms with E-state index in [2.05, 4.69) is 47.5 Å². The molecule has 3 aromatic rings. The Morgan fingerprint density at radius 2 is 2.00 bits per heavy atom. The van der Waals surface area contributed by atoms with Crippen LogP contribution in [-0.2, 0) is 6.54 Å². The second-order valence-corrected chi connectivity index (χ2v) is 7.21. The third-order valence-corrected chi connectivity index (χ3v) is 4.55. The molecule has 0 saturated carbocycles. The number of carbonyl (C=O) groups is 1. The summed E-state index contributed by atoms with van der Waals surface area (Å²) in [6, 6.07) is 14.4. The van der Waals surface area contributed by atoms with Crippen LogP contribution in [-0.4, -0.2) is 27.0 Å². The fraction of sp³-hybridized carbons (Fsp3) is 0.0556. The van der Waals surface area contributed by atoms with E-state index in [-0.39, 0.29) is 11.4 Å². The topological polar surface area (TPSA) is 79.5 Å². The second-order valence-electron chi connectivity index (χ2n) is 5.44. The lowest BCUT2D eigenvalue weighted by Crippen LogP contribution is -2.19. The molecule has 0 atom stereocenters. The first-order chi connectivity index (χ1) is 12.5. The lowest BCUT2D eigenvalue weighted by molar-refractivity contribution is 0.0948. The van der Waals surface area contributed by atoms with Gasteiger partial charge in [0.15, 0.2) is 5.69 Å². The molecule has 8 heteroatoms. The largest absolute Gasteiger partial charge is 0.508 e. The van der Waals surface area contributed by atoms with Gasteiger partial charge in [0.25, 0.3) is 5.91 Å². The molecule has 3 rings (SSSR count). The lowest BCUT2D eigenvalue weighted by Gasteiger charge is -2.02. The lowest BCUT2D eigenvalue weighted by atomic mass is 10.2. The van der Waals surface area contributed by atoms with Crippen molar-refractivity contribution in [2.45, 2.75) is 6.54 Å². The van der Waals surface area contributed by atoms with Crippen LogP contribution in [0, 0.1) is 0 Å². The number of carbonyl (C=O) groups excluding carboxylic acids is 1. The van der Waals surface area contributed by atoms with Crippen molar-refractivity contribution in [3.8, 4) is 5.75 Å². The van der Waals surface area contributed by atoms with Gasteiger partial charge in [0, 0.05) is 10.7 Å². The van der Waals surface area contributed by atoms with Gasteiger partial charge in [0.2, 0.25) is 0 Å². The third-order valence-electron chi connectivity index (χ3n) is 3.44. The molecule has 2 N–H and O–H groups in total. The molecule has 0 spiro atoms. The van der Waals surface area contributed by atoms with Gasteiger partial charge in [0.05, 0.1) is 17.2 Å². The van der Waals surface area contributed by atoms with E-state index in [1.54, 1.807) is 35.1 Å². The number of rotatable bonds is 5. The SMILES string of the molecule is O=C(NN=Cc1cccc(O)c1)c1nn(Cc2ccc(Br)cc2)cc1Br. The highest BCUT2D eigenvalue weighted by atomic mass is 79.9. The van der Waals surface area contributed by atoms with Gasteiger partial charge in [-0.25, -0.2) is 5.43 Å². The van der Waals surface area contributed by atoms with Crippen LogP contribution in [0.25, 0.3) is 0 Å². The van der Waals surface area contributed by atoms with Crippen molar-refractivity contribution in [1.82, 2.24) is 15.2 Å². The van der Waals surface area contributed by atoms with E-state index in [1.807, 2.05) is 24.3 Å². The van der Waals surface area contributed by atoms with Gasteiger partial charge >= 0.3 is 0 Å². The highest BCUT2D eigenvalue weighted by Crippen LogP contribution is 2.17. The van der Waals surface area contributed by atoms with E-state index in [0.717, 1.165) is 10.0 Å². The number of hydrogen-bond acceptors (Lipinski definition) is 4. The highest BCUT2D eigenvalue weighted by molar-refractivity contribution is 9.10. The molecular weight excluding hydrogens is 464 g/mol. The molecular formula is C18H14Br2N4O2. The van der Waals surface area contributed by atoms with Crippen molar-refractivity contribution in [1.29, 1.82) is 0 Å². The summed E-state index contributed by atoms with van der Waals surface area (Å²) < 4.78 is 3.27. The monoisotopic (exact) mass is 476 g/mol. The molecule has 0 saturated heterocycles. The number of halogens is 2. The zero-order valence-electron chi connectivity index (χ0n) is 13.4. The van der Waals surface area contributed by atoms with E-state index in [1.165, 1.54) is 6.21 Å². The maximum atomic E-state index is 12.2. The average molecular weight is 478 g/mol. The second kappa shape index (κ2) is 8.29. The first-order valence-corrected chi connectivity index (χ1v) is 9.20. The fourth-order valence-electron chi connectivity index (χ4n) is 2.23. The predicted molar refractivity (Wildman–Crippen MR) is 106 cm³/mol. The number of nitrogens with zero attached hydrogens (tertiary/aromatic N) is 3. The van der Waals surface area contributed by atoms with Gasteiger partial charge in [-0.3, -0.25) is 9.48 Å². The first kappa shape index (κ1) is 18.3. The summed E-state index contributed by atoms with van der Waals surface area (Å²) in [5, 5.41) is 17.6. The van der Waals surface area contributed by atoms with Crippen LogP contribution in [0.1, 0.15) is 21.6 Å². The van der Waals surface area contributed by atoms with Crippen LogP contribution in [0.5, 0.6) is 5.75 Å². The molecule has 0 fully saturated rings. The quantitative estimate of drug-likeness (QED) is 0.431. The molecule has 26 heavy (non-hydrogen) atoms. The van der Waals surface area contributed by atoms with Crippen molar-refractivity contribution in [2.75, 3.05) is 0 Å². The Hall–Kier alpha value is -2.45. The minimum Gasteiger partial charge on any atom is -0.508 e. The van der Waals surface area contributed by atoms with Crippen molar-refractivity contribution in [3.63, 3.8) is 0 Å². The summed E-state index contributed by atoms with van der Waals surface area (Å²) in [6.07, 6.45) is 3.19. The standard InChI is InChI=1S/C18H14Br2N4O2/c19-14-6-4-12(5-7-14)10-24-11-16(20)17(23-24)18(26)22-21-9-13-2-1-3-15(25)8-13/h1-9,11,25H,10H2,(H,22,26). The highest BCUT2D eigenvalue weighted by Gasteiger charge is 2.14. The summed E-state index contributed by atoms with van der Waals surface area (Å²) in [6.45, 7) is 0.547. The Labute approximate surface area is 166 Å². The maximum Gasteiger partial charge on any atom is 0.293 e. The van der Waals surface area contributed by atoms with Crippen molar-refractivity contribution < 1.29 is 9.90 Å². The molecule has 0 unspecified atom stereocenters. The number of aromatic nitrogens is 2. The van der Waals surface area contributed by atoms with E-state index in [9.17, 15) is 9.90 Å². The van der Waals surface area contributed by atoms with Crippen molar-refractivity contribution in [2.24, 2.45) is 5.10 Å². The number of aromatic hydroxyl groups is 1. The normalized spacial score (nSPS) is 11.0. The Bertz CT molecular complexity index is 952. The van der Waals surface area contributed by atoms with Gasteiger partial charge in [-0.05, 0) is 51.3 Å². The average Bonchev–Trinajstić information content (AvgIpc) is 2.97. The minimum atomic E-state index is -0.428. The Morgan fingerprint density at radius 1 is 1.23 bits per heavy atom. The molecule has 0 bridgehead atoms. The molecule has 0 radical (unpaired) electrons. The van der Waals surface area contributed by atoms with Crippen molar-refractivity contribution in [3.05, 3.63) is 80.5 Å². The minimum absolute atomic E-state index is 0.134. The molecule has 1 amide bonds. The first-order valence-electron chi connectivity index (χ1n) is 7.61. The molecule has 6 nitrogen and oxygen atoms in total. The Balaban J connectivity index is 1.66. The van der Waals surface area contributed by atoms with Crippen LogP contribution >= 0.6 is 31.9 Å². The summed E-state index contributed by atoms with van der Waals surface area (Å²) >= 11 is 6.75. The Morgan fingerprint density at radius 3 is 2.73 bits per heavy atom. The van der Waals surface area contributed by atoms with E-state index in [0.29, 0.717) is 16.6 Å². The zero-order valence-corrected chi connectivity index (χ0v) is 16.6. The smallest absolute Gasteiger partial charge is 0.293 e. The number of hydrazone groups is 1. The maximum absolute atomic E-state index is 12.2. The van der Waals surface area contributed by atoms with E-state index < -0.39 is 5.91 Å². The van der Waals surface area contributed by atoms with Crippen LogP contribution in [0.3, 0.4) is 0 Å². The van der Waals surface area contributed by atoms with Crippen LogP contribution in [0.15, 0.2) is 68.8 Å². The van der Waals surface area contributed by atoms with Gasteiger partial charge < -0.3 is 5.11 Å². The molecule has 2 aromatic carbocycles. The van der Waals surface area contributed by atoms with Gasteiger partial charge in [0.1, 0.15) is 5.75 Å². The Kier molecular flexibility index (Phi) is 5.85. The molecule has 1 aromatic heterocycles. The number of nitrogens with one attached hydrogen (secondary N) is 1. The summed E-state index contributed by atoms with van der Waals surface area (Å²) in [5.74, 6) is -0.294. The van der Waals surface area contributed by atoms with Gasteiger partial charge in [-0.15, -0.1) is 0 Å². The fourth-order valence-corrected chi connectivity index (χ4v) is 2.99. The number of phenolic OH excluding ortho intramolecular Hbond substituents is 1. The molecule has 132 valence electrons. The van der Waals surface area contributed by atoms with Crippen LogP contribution in [0.4, 0.5) is 0 Å². The summed E-state index contributed by atoms with van der Waals surface area (Å²) in [4.78, 5) is 12.2. The number of benzene rings is 2. The zero-order chi connectivity index (χ0) is 18.5. The molecule has 1 heterocycles. The molecule has 0 aliphatic rings. The number of phenols is 1. The van der Waals surface area contributed by atoms with Gasteiger partial charge in [-0.1, -0.05) is 40.2 Å². The van der Waals surface area contributed by atoms with Crippen molar-refractivity contribution >= 4 is 44.0 Å². The van der Waals surface area contributed by atoms with E-state index >= 15 is 0 Å². The summed E-state index contributed by atoms with van der Waals surface area (Å²) in [5.41, 5.74) is 4.41.